The molecule has 8 heteroatoms. The smallest absolute Gasteiger partial charge is 0.307 e. The number of nitrogens with zero attached hydrogens (tertiary/aromatic N) is 3. The number of ether oxygens (including phenoxy) is 2. The minimum atomic E-state index is -0.277. The lowest BCUT2D eigenvalue weighted by Gasteiger charge is -2.36. The van der Waals surface area contributed by atoms with Crippen molar-refractivity contribution in [2.75, 3.05) is 55.9 Å². The zero-order chi connectivity index (χ0) is 26.3. The van der Waals surface area contributed by atoms with Gasteiger partial charge in [-0.1, -0.05) is 19.1 Å². The van der Waals surface area contributed by atoms with Crippen LogP contribution in [0.2, 0.25) is 0 Å². The molecule has 1 saturated heterocycles. The number of fused-ring (bicyclic) bond motifs is 2. The van der Waals surface area contributed by atoms with E-state index in [1.54, 1.807) is 4.90 Å². The summed E-state index contributed by atoms with van der Waals surface area (Å²) in [6.45, 7) is 7.89. The molecule has 1 fully saturated rings. The molecule has 5 rings (SSSR count). The first-order valence-corrected chi connectivity index (χ1v) is 14.7. The Balaban J connectivity index is 1.05. The molecule has 3 heterocycles. The number of anilines is 2. The Morgan fingerprint density at radius 2 is 1.87 bits per heavy atom. The first-order chi connectivity index (χ1) is 18.6. The molecule has 202 valence electrons. The summed E-state index contributed by atoms with van der Waals surface area (Å²) < 4.78 is 12.7. The second-order valence-electron chi connectivity index (χ2n) is 10.0. The number of hydrogen-bond acceptors (Lipinski definition) is 7. The predicted octanol–water partition coefficient (Wildman–Crippen LogP) is 5.46. The van der Waals surface area contributed by atoms with Crippen LogP contribution >= 0.6 is 11.3 Å². The van der Waals surface area contributed by atoms with Crippen LogP contribution in [0, 0.1) is 0 Å². The van der Waals surface area contributed by atoms with Gasteiger partial charge in [-0.2, -0.15) is 0 Å². The van der Waals surface area contributed by atoms with Gasteiger partial charge in [0.2, 0.25) is 5.91 Å². The van der Waals surface area contributed by atoms with Crippen LogP contribution in [0.15, 0.2) is 47.8 Å². The number of rotatable bonds is 11. The number of carbonyl (C=O) groups is 2. The number of aryl methyl sites for hydroxylation is 1. The van der Waals surface area contributed by atoms with E-state index in [4.69, 9.17) is 9.47 Å². The van der Waals surface area contributed by atoms with Gasteiger partial charge in [-0.3, -0.25) is 19.4 Å². The molecule has 0 radical (unpaired) electrons. The van der Waals surface area contributed by atoms with E-state index in [0.717, 1.165) is 69.0 Å². The summed E-state index contributed by atoms with van der Waals surface area (Å²) in [5.74, 6) is 0.451. The van der Waals surface area contributed by atoms with E-state index in [0.29, 0.717) is 25.9 Å². The van der Waals surface area contributed by atoms with Crippen LogP contribution in [-0.4, -0.2) is 62.8 Å². The molecule has 0 atom stereocenters. The Morgan fingerprint density at radius 3 is 2.71 bits per heavy atom. The fourth-order valence-electron chi connectivity index (χ4n) is 5.26. The molecular formula is C30H37N3O4S. The molecule has 2 aromatic carbocycles. The highest BCUT2D eigenvalue weighted by Gasteiger charge is 2.26. The number of benzene rings is 2. The van der Waals surface area contributed by atoms with Crippen molar-refractivity contribution in [2.24, 2.45) is 0 Å². The number of hydrogen-bond donors (Lipinski definition) is 0. The average molecular weight is 536 g/mol. The van der Waals surface area contributed by atoms with E-state index in [1.165, 1.54) is 15.8 Å². The summed E-state index contributed by atoms with van der Waals surface area (Å²) in [6.07, 6.45) is 4.27. The predicted molar refractivity (Wildman–Crippen MR) is 153 cm³/mol. The van der Waals surface area contributed by atoms with Crippen molar-refractivity contribution in [1.82, 2.24) is 4.90 Å². The number of thiophene rings is 1. The highest BCUT2D eigenvalue weighted by molar-refractivity contribution is 7.17. The van der Waals surface area contributed by atoms with Gasteiger partial charge in [0.15, 0.2) is 6.73 Å². The third-order valence-corrected chi connectivity index (χ3v) is 8.27. The van der Waals surface area contributed by atoms with Crippen molar-refractivity contribution in [3.63, 3.8) is 0 Å². The van der Waals surface area contributed by atoms with Crippen LogP contribution in [0.1, 0.15) is 44.6 Å². The van der Waals surface area contributed by atoms with Gasteiger partial charge in [0.1, 0.15) is 5.75 Å². The summed E-state index contributed by atoms with van der Waals surface area (Å²) in [6, 6.07) is 14.8. The zero-order valence-corrected chi connectivity index (χ0v) is 23.0. The van der Waals surface area contributed by atoms with Gasteiger partial charge in [0.25, 0.3) is 0 Å². The first kappa shape index (κ1) is 26.5. The standard InChI is InChI=1S/C30H37N3O4S/c1-2-6-30(35)37-22-33-27-21-24(11-9-23(27)10-12-29(33)34)36-19-4-3-14-31-15-17-32(18-16-31)26-7-5-8-28-25(26)13-20-38-28/h5,7-9,11,13,20-21H,2-4,6,10,12,14-19,22H2,1H3. The van der Waals surface area contributed by atoms with Crippen molar-refractivity contribution in [3.05, 3.63) is 53.4 Å². The minimum Gasteiger partial charge on any atom is -0.494 e. The summed E-state index contributed by atoms with van der Waals surface area (Å²) in [5, 5.41) is 3.55. The lowest BCUT2D eigenvalue weighted by atomic mass is 10.0. The maximum atomic E-state index is 12.5. The van der Waals surface area contributed by atoms with Gasteiger partial charge in [0, 0.05) is 60.9 Å². The molecule has 7 nitrogen and oxygen atoms in total. The van der Waals surface area contributed by atoms with Gasteiger partial charge in [-0.05, 0) is 67.4 Å². The Hall–Kier alpha value is -3.10. The van der Waals surface area contributed by atoms with Crippen molar-refractivity contribution in [2.45, 2.75) is 45.4 Å². The molecule has 0 unspecified atom stereocenters. The van der Waals surface area contributed by atoms with E-state index in [1.807, 2.05) is 36.5 Å². The minimum absolute atomic E-state index is 0.0222. The monoisotopic (exact) mass is 535 g/mol. The van der Waals surface area contributed by atoms with Crippen LogP contribution in [0.3, 0.4) is 0 Å². The maximum Gasteiger partial charge on any atom is 0.307 e. The normalized spacial score (nSPS) is 16.1. The fraction of sp³-hybridized carbons (Fsp3) is 0.467. The average Bonchev–Trinajstić information content (AvgIpc) is 3.42. The van der Waals surface area contributed by atoms with Crippen LogP contribution in [-0.2, 0) is 20.7 Å². The summed E-state index contributed by atoms with van der Waals surface area (Å²) in [7, 11) is 0. The Morgan fingerprint density at radius 1 is 1.00 bits per heavy atom. The van der Waals surface area contributed by atoms with Crippen molar-refractivity contribution in [3.8, 4) is 5.75 Å². The third kappa shape index (κ3) is 6.30. The molecule has 1 amide bonds. The Labute approximate surface area is 228 Å². The van der Waals surface area contributed by atoms with Crippen molar-refractivity contribution < 1.29 is 19.1 Å². The molecule has 0 bridgehead atoms. The molecule has 3 aromatic rings. The molecule has 2 aliphatic heterocycles. The SMILES string of the molecule is CCCC(=O)OCN1C(=O)CCc2ccc(OCCCCN3CCN(c4cccc5sccc45)CC3)cc21. The molecule has 1 aromatic heterocycles. The molecule has 0 saturated carbocycles. The second-order valence-corrected chi connectivity index (χ2v) is 10.9. The van der Waals surface area contributed by atoms with E-state index in [-0.39, 0.29) is 18.6 Å². The van der Waals surface area contributed by atoms with Crippen LogP contribution in [0.25, 0.3) is 10.1 Å². The van der Waals surface area contributed by atoms with Gasteiger partial charge in [0.05, 0.1) is 12.3 Å². The van der Waals surface area contributed by atoms with Crippen molar-refractivity contribution >= 4 is 44.7 Å². The van der Waals surface area contributed by atoms with Gasteiger partial charge < -0.3 is 14.4 Å². The highest BCUT2D eigenvalue weighted by atomic mass is 32.1. The van der Waals surface area contributed by atoms with E-state index in [9.17, 15) is 9.59 Å². The summed E-state index contributed by atoms with van der Waals surface area (Å²) in [5.41, 5.74) is 3.23. The largest absolute Gasteiger partial charge is 0.494 e. The second kappa shape index (κ2) is 12.6. The molecule has 0 aliphatic carbocycles. The number of unbranched alkanes of at least 4 members (excludes halogenated alkanes) is 1. The zero-order valence-electron chi connectivity index (χ0n) is 22.2. The van der Waals surface area contributed by atoms with Crippen LogP contribution in [0.5, 0.6) is 5.75 Å². The number of amides is 1. The van der Waals surface area contributed by atoms with Crippen molar-refractivity contribution in [1.29, 1.82) is 0 Å². The summed E-state index contributed by atoms with van der Waals surface area (Å²) >= 11 is 1.81. The molecule has 2 aliphatic rings. The van der Waals surface area contributed by atoms with E-state index in [2.05, 4.69) is 39.4 Å². The maximum absolute atomic E-state index is 12.5. The van der Waals surface area contributed by atoms with E-state index < -0.39 is 0 Å². The topological polar surface area (TPSA) is 62.3 Å². The fourth-order valence-corrected chi connectivity index (χ4v) is 6.06. The quantitative estimate of drug-likeness (QED) is 0.240. The van der Waals surface area contributed by atoms with Gasteiger partial charge in [-0.25, -0.2) is 0 Å². The van der Waals surface area contributed by atoms with E-state index >= 15 is 0 Å². The first-order valence-electron chi connectivity index (χ1n) is 13.8. The Bertz CT molecular complexity index is 1250. The number of piperazine rings is 1. The third-order valence-electron chi connectivity index (χ3n) is 7.39. The molecule has 38 heavy (non-hydrogen) atoms. The number of esters is 1. The lowest BCUT2D eigenvalue weighted by Crippen LogP contribution is -2.46. The molecule has 0 spiro atoms. The Kier molecular flexibility index (Phi) is 8.81. The highest BCUT2D eigenvalue weighted by Crippen LogP contribution is 2.32. The van der Waals surface area contributed by atoms with Crippen LogP contribution < -0.4 is 14.5 Å². The molecule has 0 N–H and O–H groups in total. The molecular weight excluding hydrogens is 498 g/mol. The van der Waals surface area contributed by atoms with Gasteiger partial charge >= 0.3 is 5.97 Å². The number of carbonyl (C=O) groups excluding carboxylic acids is 2. The lowest BCUT2D eigenvalue weighted by molar-refractivity contribution is -0.144. The van der Waals surface area contributed by atoms with Crippen LogP contribution in [0.4, 0.5) is 11.4 Å². The van der Waals surface area contributed by atoms with Gasteiger partial charge in [-0.15, -0.1) is 11.3 Å². The summed E-state index contributed by atoms with van der Waals surface area (Å²) in [4.78, 5) is 31.0.